The van der Waals surface area contributed by atoms with Crippen molar-refractivity contribution in [1.29, 1.82) is 0 Å². The summed E-state index contributed by atoms with van der Waals surface area (Å²) in [6.07, 6.45) is 2.41. The van der Waals surface area contributed by atoms with Crippen LogP contribution in [0.1, 0.15) is 25.3 Å². The molecule has 0 spiro atoms. The molecule has 0 radical (unpaired) electrons. The highest BCUT2D eigenvalue weighted by atomic mass is 79.9. The van der Waals surface area contributed by atoms with Crippen LogP contribution in [0.4, 0.5) is 0 Å². The van der Waals surface area contributed by atoms with Crippen LogP contribution in [0.25, 0.3) is 0 Å². The Hall–Kier alpha value is -1.36. The summed E-state index contributed by atoms with van der Waals surface area (Å²) in [7, 11) is 0. The molecule has 1 aromatic carbocycles. The van der Waals surface area contributed by atoms with Crippen LogP contribution in [0.2, 0.25) is 0 Å². The summed E-state index contributed by atoms with van der Waals surface area (Å²) < 4.78 is 0.987. The molecule has 2 amide bonds. The van der Waals surface area contributed by atoms with E-state index in [4.69, 9.17) is 0 Å². The number of likely N-dealkylation sites (tertiary alicyclic amines) is 1. The third-order valence-corrected chi connectivity index (χ3v) is 4.38. The summed E-state index contributed by atoms with van der Waals surface area (Å²) in [6.45, 7) is 3.93. The van der Waals surface area contributed by atoms with Crippen molar-refractivity contribution in [3.8, 4) is 0 Å². The van der Waals surface area contributed by atoms with Gasteiger partial charge < -0.3 is 10.2 Å². The van der Waals surface area contributed by atoms with Crippen molar-refractivity contribution in [1.82, 2.24) is 10.2 Å². The van der Waals surface area contributed by atoms with Gasteiger partial charge in [-0.25, -0.2) is 0 Å². The van der Waals surface area contributed by atoms with Gasteiger partial charge in [0.05, 0.1) is 13.0 Å². The Labute approximate surface area is 134 Å². The van der Waals surface area contributed by atoms with Crippen molar-refractivity contribution in [2.24, 2.45) is 5.92 Å². The van der Waals surface area contributed by atoms with Crippen LogP contribution >= 0.6 is 15.9 Å². The highest BCUT2D eigenvalue weighted by molar-refractivity contribution is 9.10. The van der Waals surface area contributed by atoms with Crippen LogP contribution in [0, 0.1) is 5.92 Å². The van der Waals surface area contributed by atoms with Crippen LogP contribution in [-0.2, 0) is 16.0 Å². The largest absolute Gasteiger partial charge is 0.347 e. The average molecular weight is 353 g/mol. The topological polar surface area (TPSA) is 49.4 Å². The lowest BCUT2D eigenvalue weighted by atomic mass is 9.99. The van der Waals surface area contributed by atoms with Gasteiger partial charge in [-0.05, 0) is 36.5 Å². The van der Waals surface area contributed by atoms with E-state index in [1.807, 2.05) is 29.2 Å². The van der Waals surface area contributed by atoms with Crippen LogP contribution in [0.5, 0.6) is 0 Å². The molecule has 1 aromatic rings. The van der Waals surface area contributed by atoms with E-state index < -0.39 is 0 Å². The summed E-state index contributed by atoms with van der Waals surface area (Å²) in [5.41, 5.74) is 0.940. The maximum atomic E-state index is 12.0. The lowest BCUT2D eigenvalue weighted by Gasteiger charge is -2.30. The number of benzene rings is 1. The molecule has 1 heterocycles. The van der Waals surface area contributed by atoms with Crippen LogP contribution in [0.15, 0.2) is 28.7 Å². The zero-order valence-corrected chi connectivity index (χ0v) is 13.9. The second kappa shape index (κ2) is 7.59. The first-order chi connectivity index (χ1) is 10.0. The average Bonchev–Trinajstić information content (AvgIpc) is 2.48. The molecule has 1 fully saturated rings. The fraction of sp³-hybridized carbons (Fsp3) is 0.500. The number of nitrogens with zero attached hydrogens (tertiary/aromatic N) is 1. The van der Waals surface area contributed by atoms with Crippen LogP contribution < -0.4 is 5.32 Å². The molecule has 2 rings (SSSR count). The number of amides is 2. The quantitative estimate of drug-likeness (QED) is 0.904. The van der Waals surface area contributed by atoms with Gasteiger partial charge in [0, 0.05) is 17.6 Å². The number of piperidine rings is 1. The monoisotopic (exact) mass is 352 g/mol. The van der Waals surface area contributed by atoms with E-state index in [9.17, 15) is 9.59 Å². The summed E-state index contributed by atoms with van der Waals surface area (Å²) in [6, 6.07) is 7.61. The summed E-state index contributed by atoms with van der Waals surface area (Å²) in [5, 5.41) is 2.71. The van der Waals surface area contributed by atoms with E-state index in [2.05, 4.69) is 28.2 Å². The molecule has 0 atom stereocenters. The molecule has 1 N–H and O–H groups in total. The Morgan fingerprint density at radius 1 is 1.24 bits per heavy atom. The fourth-order valence-electron chi connectivity index (χ4n) is 2.39. The number of carbonyl (C=O) groups excluding carboxylic acids is 2. The van der Waals surface area contributed by atoms with E-state index in [-0.39, 0.29) is 18.4 Å². The lowest BCUT2D eigenvalue weighted by Crippen LogP contribution is -2.44. The van der Waals surface area contributed by atoms with Crippen molar-refractivity contribution < 1.29 is 9.59 Å². The fourth-order valence-corrected chi connectivity index (χ4v) is 2.66. The van der Waals surface area contributed by atoms with Gasteiger partial charge in [-0.3, -0.25) is 9.59 Å². The highest BCUT2D eigenvalue weighted by Crippen LogP contribution is 2.15. The molecule has 0 bridgehead atoms. The first-order valence-corrected chi connectivity index (χ1v) is 8.13. The van der Waals surface area contributed by atoms with Gasteiger partial charge in [-0.15, -0.1) is 0 Å². The minimum Gasteiger partial charge on any atom is -0.347 e. The Morgan fingerprint density at radius 2 is 1.86 bits per heavy atom. The molecule has 1 aliphatic heterocycles. The van der Waals surface area contributed by atoms with Crippen molar-refractivity contribution in [2.75, 3.05) is 19.6 Å². The minimum absolute atomic E-state index is 0.0195. The molecule has 114 valence electrons. The molecule has 1 aliphatic rings. The molecular weight excluding hydrogens is 332 g/mol. The zero-order chi connectivity index (χ0) is 15.2. The standard InChI is InChI=1S/C16H21BrN2O2/c1-12-6-8-19(9-7-12)16(21)11-18-15(20)10-13-2-4-14(17)5-3-13/h2-5,12H,6-11H2,1H3,(H,18,20). The van der Waals surface area contributed by atoms with Gasteiger partial charge in [0.1, 0.15) is 0 Å². The molecule has 21 heavy (non-hydrogen) atoms. The zero-order valence-electron chi connectivity index (χ0n) is 12.3. The molecule has 4 nitrogen and oxygen atoms in total. The highest BCUT2D eigenvalue weighted by Gasteiger charge is 2.20. The van der Waals surface area contributed by atoms with Gasteiger partial charge in [0.25, 0.3) is 0 Å². The first kappa shape index (κ1) is 16.0. The third kappa shape index (κ3) is 5.16. The maximum Gasteiger partial charge on any atom is 0.241 e. The molecule has 0 saturated carbocycles. The summed E-state index contributed by atoms with van der Waals surface area (Å²) in [5.74, 6) is 0.600. The lowest BCUT2D eigenvalue weighted by molar-refractivity contribution is -0.133. The van der Waals surface area contributed by atoms with Crippen molar-refractivity contribution in [2.45, 2.75) is 26.2 Å². The van der Waals surface area contributed by atoms with Crippen molar-refractivity contribution >= 4 is 27.7 Å². The number of halogens is 1. The SMILES string of the molecule is CC1CCN(C(=O)CNC(=O)Cc2ccc(Br)cc2)CC1. The van der Waals surface area contributed by atoms with Gasteiger partial charge >= 0.3 is 0 Å². The number of rotatable bonds is 4. The van der Waals surface area contributed by atoms with E-state index in [1.54, 1.807) is 0 Å². The first-order valence-electron chi connectivity index (χ1n) is 7.33. The van der Waals surface area contributed by atoms with Gasteiger partial charge in [-0.2, -0.15) is 0 Å². The van der Waals surface area contributed by atoms with Crippen molar-refractivity contribution in [3.05, 3.63) is 34.3 Å². The number of hydrogen-bond acceptors (Lipinski definition) is 2. The van der Waals surface area contributed by atoms with E-state index in [1.165, 1.54) is 0 Å². The van der Waals surface area contributed by atoms with Crippen molar-refractivity contribution in [3.63, 3.8) is 0 Å². The molecule has 0 unspecified atom stereocenters. The van der Waals surface area contributed by atoms with Gasteiger partial charge in [0.2, 0.25) is 11.8 Å². The Morgan fingerprint density at radius 3 is 2.48 bits per heavy atom. The number of nitrogens with one attached hydrogen (secondary N) is 1. The maximum absolute atomic E-state index is 12.0. The molecule has 0 aromatic heterocycles. The normalized spacial score (nSPS) is 15.8. The third-order valence-electron chi connectivity index (χ3n) is 3.85. The second-order valence-electron chi connectivity index (χ2n) is 5.64. The predicted octanol–water partition coefficient (Wildman–Crippen LogP) is 2.37. The van der Waals surface area contributed by atoms with Gasteiger partial charge in [0.15, 0.2) is 0 Å². The molecule has 1 saturated heterocycles. The van der Waals surface area contributed by atoms with Crippen LogP contribution in [0.3, 0.4) is 0 Å². The van der Waals surface area contributed by atoms with Gasteiger partial charge in [-0.1, -0.05) is 35.0 Å². The van der Waals surface area contributed by atoms with Crippen LogP contribution in [-0.4, -0.2) is 36.3 Å². The van der Waals surface area contributed by atoms with E-state index in [0.29, 0.717) is 12.3 Å². The second-order valence-corrected chi connectivity index (χ2v) is 6.56. The number of carbonyl (C=O) groups is 2. The predicted molar refractivity (Wildman–Crippen MR) is 85.8 cm³/mol. The Bertz CT molecular complexity index is 494. The summed E-state index contributed by atoms with van der Waals surface area (Å²) in [4.78, 5) is 25.7. The molecule has 5 heteroatoms. The number of hydrogen-bond donors (Lipinski definition) is 1. The smallest absolute Gasteiger partial charge is 0.241 e. The molecular formula is C16H21BrN2O2. The Kier molecular flexibility index (Phi) is 5.79. The minimum atomic E-state index is -0.115. The Balaban J connectivity index is 1.73. The van der Waals surface area contributed by atoms with E-state index in [0.717, 1.165) is 36.0 Å². The van der Waals surface area contributed by atoms with E-state index >= 15 is 0 Å². The summed E-state index contributed by atoms with van der Waals surface area (Å²) >= 11 is 3.36. The molecule has 0 aliphatic carbocycles.